The van der Waals surface area contributed by atoms with Crippen LogP contribution in [0.3, 0.4) is 0 Å². The Morgan fingerprint density at radius 3 is 1.89 bits per heavy atom. The van der Waals surface area contributed by atoms with Crippen molar-refractivity contribution < 1.29 is 15.0 Å². The molecule has 0 saturated heterocycles. The first-order valence-corrected chi connectivity index (χ1v) is 2.95. The average molecular weight is 153 g/mol. The summed E-state index contributed by atoms with van der Waals surface area (Å²) >= 11 is 3.42. The highest BCUT2D eigenvalue weighted by Crippen LogP contribution is 1.66. The molecule has 0 unspecified atom stereocenters. The van der Waals surface area contributed by atoms with Gasteiger partial charge in [-0.3, -0.25) is 4.79 Å². The molecule has 56 valence electrons. The zero-order valence-electron chi connectivity index (χ0n) is 4.95. The predicted molar refractivity (Wildman–Crippen MR) is 37.6 cm³/mol. The third-order valence-electron chi connectivity index (χ3n) is 0.264. The summed E-state index contributed by atoms with van der Waals surface area (Å²) in [4.78, 5) is 9.29. The molecule has 0 aliphatic rings. The molecule has 0 aromatic rings. The number of carboxylic acid groups (broad SMARTS) is 1. The molecule has 0 aromatic heterocycles. The summed E-state index contributed by atoms with van der Waals surface area (Å²) in [7, 11) is 0. The van der Waals surface area contributed by atoms with Crippen LogP contribution >= 0.6 is 12.6 Å². The van der Waals surface area contributed by atoms with Crippen molar-refractivity contribution in [2.45, 2.75) is 0 Å². The molecule has 0 spiro atoms. The van der Waals surface area contributed by atoms with E-state index in [9.17, 15) is 4.79 Å². The highest BCUT2D eigenvalue weighted by molar-refractivity contribution is 7.81. The minimum Gasteiger partial charge on any atom is -0.481 e. The van der Waals surface area contributed by atoms with Crippen molar-refractivity contribution in [3.8, 4) is 0 Å². The Kier molecular flexibility index (Phi) is 13.7. The summed E-state index contributed by atoms with van der Waals surface area (Å²) in [5, 5.41) is 15.4. The van der Waals surface area contributed by atoms with Crippen molar-refractivity contribution in [1.29, 1.82) is 0 Å². The van der Waals surface area contributed by atoms with Crippen LogP contribution in [0.1, 0.15) is 0 Å². The summed E-state index contributed by atoms with van der Waals surface area (Å²) in [6.07, 6.45) is 0. The van der Waals surface area contributed by atoms with Crippen LogP contribution < -0.4 is 5.73 Å². The van der Waals surface area contributed by atoms with Crippen LogP contribution in [0.4, 0.5) is 0 Å². The summed E-state index contributed by atoms with van der Waals surface area (Å²) in [5.74, 6) is -0.965. The van der Waals surface area contributed by atoms with Crippen molar-refractivity contribution in [3.05, 3.63) is 0 Å². The lowest BCUT2D eigenvalue weighted by Crippen LogP contribution is -2.02. The van der Waals surface area contributed by atoms with Crippen molar-refractivity contribution in [1.82, 2.24) is 0 Å². The van der Waals surface area contributed by atoms with Crippen LogP contribution in [-0.2, 0) is 4.79 Å². The minimum absolute atomic E-state index is 0.0833. The van der Waals surface area contributed by atoms with Crippen molar-refractivity contribution >= 4 is 18.6 Å². The molecule has 0 aliphatic carbocycles. The average Bonchev–Trinajstić information content (AvgIpc) is 1.89. The molecule has 0 bridgehead atoms. The first-order chi connectivity index (χ1) is 4.18. The number of thiol groups is 1. The van der Waals surface area contributed by atoms with Crippen LogP contribution in [0.15, 0.2) is 0 Å². The van der Waals surface area contributed by atoms with Gasteiger partial charge in [0.1, 0.15) is 0 Å². The molecule has 5 heteroatoms. The SMILES string of the molecule is NCCO.O=C(O)CS. The predicted octanol–water partition coefficient (Wildman–Crippen LogP) is -1.06. The van der Waals surface area contributed by atoms with Crippen LogP contribution in [0.2, 0.25) is 0 Å². The van der Waals surface area contributed by atoms with E-state index in [2.05, 4.69) is 12.6 Å². The molecule has 4 nitrogen and oxygen atoms in total. The number of rotatable bonds is 2. The van der Waals surface area contributed by atoms with Gasteiger partial charge in [-0.2, -0.15) is 12.6 Å². The maximum Gasteiger partial charge on any atom is 0.313 e. The van der Waals surface area contributed by atoms with E-state index in [4.69, 9.17) is 15.9 Å². The topological polar surface area (TPSA) is 83.5 Å². The molecule has 0 atom stereocenters. The third-order valence-corrected chi connectivity index (χ3v) is 0.535. The Bertz CT molecular complexity index is 66.8. The van der Waals surface area contributed by atoms with Gasteiger partial charge < -0.3 is 15.9 Å². The van der Waals surface area contributed by atoms with Gasteiger partial charge in [0.2, 0.25) is 0 Å². The quantitative estimate of drug-likeness (QED) is 0.381. The molecule has 0 aliphatic heterocycles. The van der Waals surface area contributed by atoms with E-state index in [1.807, 2.05) is 0 Å². The van der Waals surface area contributed by atoms with E-state index in [1.165, 1.54) is 0 Å². The fraction of sp³-hybridized carbons (Fsp3) is 0.750. The number of hydrogen-bond acceptors (Lipinski definition) is 4. The number of hydrogen-bond donors (Lipinski definition) is 4. The summed E-state index contributed by atoms with van der Waals surface area (Å²) < 4.78 is 0. The summed E-state index contributed by atoms with van der Waals surface area (Å²) in [6.45, 7) is 0.472. The first kappa shape index (κ1) is 11.5. The second-order valence-corrected chi connectivity index (χ2v) is 1.38. The van der Waals surface area contributed by atoms with Crippen molar-refractivity contribution in [2.24, 2.45) is 5.73 Å². The molecule has 0 aromatic carbocycles. The van der Waals surface area contributed by atoms with E-state index in [1.54, 1.807) is 0 Å². The molecule has 0 amide bonds. The van der Waals surface area contributed by atoms with Crippen LogP contribution in [-0.4, -0.2) is 35.1 Å². The smallest absolute Gasteiger partial charge is 0.313 e. The largest absolute Gasteiger partial charge is 0.481 e. The van der Waals surface area contributed by atoms with E-state index in [0.29, 0.717) is 6.54 Å². The molecule has 0 fully saturated rings. The number of carbonyl (C=O) groups is 1. The highest BCUT2D eigenvalue weighted by Gasteiger charge is 1.81. The molecular weight excluding hydrogens is 142 g/mol. The third kappa shape index (κ3) is 34.0. The number of aliphatic hydroxyl groups excluding tert-OH is 1. The first-order valence-electron chi connectivity index (χ1n) is 2.32. The van der Waals surface area contributed by atoms with Crippen molar-refractivity contribution in [2.75, 3.05) is 18.9 Å². The Labute approximate surface area is 59.1 Å². The van der Waals surface area contributed by atoms with Gasteiger partial charge in [0.15, 0.2) is 0 Å². The second-order valence-electron chi connectivity index (χ2n) is 1.06. The zero-order valence-corrected chi connectivity index (χ0v) is 5.84. The van der Waals surface area contributed by atoms with Gasteiger partial charge in [-0.1, -0.05) is 0 Å². The van der Waals surface area contributed by atoms with Gasteiger partial charge in [0.05, 0.1) is 12.4 Å². The van der Waals surface area contributed by atoms with E-state index in [-0.39, 0.29) is 12.4 Å². The van der Waals surface area contributed by atoms with Crippen molar-refractivity contribution in [3.63, 3.8) is 0 Å². The molecule has 0 saturated carbocycles. The highest BCUT2D eigenvalue weighted by atomic mass is 32.1. The van der Waals surface area contributed by atoms with Gasteiger partial charge in [-0.15, -0.1) is 0 Å². The van der Waals surface area contributed by atoms with Gasteiger partial charge in [-0.25, -0.2) is 0 Å². The molecule has 9 heavy (non-hydrogen) atoms. The maximum absolute atomic E-state index is 9.29. The lowest BCUT2D eigenvalue weighted by molar-refractivity contribution is -0.133. The van der Waals surface area contributed by atoms with E-state index < -0.39 is 5.97 Å². The molecular formula is C4H11NO3S. The normalized spacial score (nSPS) is 7.44. The Balaban J connectivity index is 0. The van der Waals surface area contributed by atoms with E-state index >= 15 is 0 Å². The lowest BCUT2D eigenvalue weighted by Gasteiger charge is -1.71. The fourth-order valence-electron chi connectivity index (χ4n) is 0. The van der Waals surface area contributed by atoms with Gasteiger partial charge in [0.25, 0.3) is 0 Å². The van der Waals surface area contributed by atoms with E-state index in [0.717, 1.165) is 0 Å². The zero-order chi connectivity index (χ0) is 7.70. The monoisotopic (exact) mass is 153 g/mol. The summed E-state index contributed by atoms with van der Waals surface area (Å²) in [5.41, 5.74) is 4.78. The standard InChI is InChI=1S/C2H7NO.C2H4O2S/c3-1-2-4;3-2(4)1-5/h4H,1-3H2;5H,1H2,(H,3,4). The van der Waals surface area contributed by atoms with Gasteiger partial charge in [0, 0.05) is 6.54 Å². The molecule has 0 heterocycles. The van der Waals surface area contributed by atoms with Crippen LogP contribution in [0, 0.1) is 0 Å². The molecule has 4 N–H and O–H groups in total. The number of nitrogens with two attached hydrogens (primary N) is 1. The fourth-order valence-corrected chi connectivity index (χ4v) is 0. The minimum atomic E-state index is -0.881. The maximum atomic E-state index is 9.29. The number of carboxylic acids is 1. The number of aliphatic hydroxyl groups is 1. The summed E-state index contributed by atoms with van der Waals surface area (Å²) in [6, 6.07) is 0. The Morgan fingerprint density at radius 1 is 1.67 bits per heavy atom. The second kappa shape index (κ2) is 10.7. The Morgan fingerprint density at radius 2 is 1.89 bits per heavy atom. The number of aliphatic carboxylic acids is 1. The Hall–Kier alpha value is -0.260. The lowest BCUT2D eigenvalue weighted by atomic mass is 10.8. The molecule has 0 radical (unpaired) electrons. The van der Waals surface area contributed by atoms with Crippen LogP contribution in [0.5, 0.6) is 0 Å². The van der Waals surface area contributed by atoms with Gasteiger partial charge >= 0.3 is 5.97 Å². The van der Waals surface area contributed by atoms with Crippen LogP contribution in [0.25, 0.3) is 0 Å². The molecule has 0 rings (SSSR count). The van der Waals surface area contributed by atoms with Gasteiger partial charge in [-0.05, 0) is 0 Å².